The summed E-state index contributed by atoms with van der Waals surface area (Å²) in [6.07, 6.45) is 0. The maximum Gasteiger partial charge on any atom is 0.255 e. The average Bonchev–Trinajstić information content (AvgIpc) is 2.45. The topological polar surface area (TPSA) is 20.3 Å². The Morgan fingerprint density at radius 3 is 2.43 bits per heavy atom. The van der Waals surface area contributed by atoms with E-state index in [9.17, 15) is 4.79 Å². The van der Waals surface area contributed by atoms with E-state index in [1.807, 2.05) is 67.3 Å². The van der Waals surface area contributed by atoms with Crippen LogP contribution in [-0.4, -0.2) is 16.8 Å². The Morgan fingerprint density at radius 1 is 1.19 bits per heavy atom. The molecule has 21 heavy (non-hydrogen) atoms. The quantitative estimate of drug-likeness (QED) is 0.774. The van der Waals surface area contributed by atoms with Crippen LogP contribution in [0.5, 0.6) is 0 Å². The van der Waals surface area contributed by atoms with Crippen LogP contribution in [0.1, 0.15) is 29.8 Å². The van der Waals surface area contributed by atoms with Crippen molar-refractivity contribution in [3.63, 3.8) is 0 Å². The number of rotatable bonds is 4. The summed E-state index contributed by atoms with van der Waals surface area (Å²) in [4.78, 5) is 15.3. The third-order valence-electron chi connectivity index (χ3n) is 3.27. The lowest BCUT2D eigenvalue weighted by molar-refractivity contribution is 0.0687. The van der Waals surface area contributed by atoms with Gasteiger partial charge in [0.15, 0.2) is 0 Å². The molecule has 0 aliphatic carbocycles. The van der Waals surface area contributed by atoms with Gasteiger partial charge in [-0.05, 0) is 37.6 Å². The number of amides is 1. The van der Waals surface area contributed by atoms with E-state index >= 15 is 0 Å². The Hall–Kier alpha value is -1.26. The number of carbonyl (C=O) groups excluding carboxylic acids is 1. The second-order valence-electron chi connectivity index (χ2n) is 5.17. The summed E-state index contributed by atoms with van der Waals surface area (Å²) in [6, 6.07) is 15.7. The smallest absolute Gasteiger partial charge is 0.255 e. The van der Waals surface area contributed by atoms with Crippen molar-refractivity contribution in [1.29, 1.82) is 0 Å². The molecule has 0 N–H and O–H groups in total. The Balaban J connectivity index is 2.27. The zero-order valence-corrected chi connectivity index (χ0v) is 14.6. The third kappa shape index (κ3) is 4.11. The van der Waals surface area contributed by atoms with Gasteiger partial charge in [0.25, 0.3) is 5.91 Å². The molecule has 0 atom stereocenters. The minimum atomic E-state index is 0.00588. The van der Waals surface area contributed by atoms with Gasteiger partial charge in [0.05, 0.1) is 5.56 Å². The molecule has 4 heteroatoms. The predicted molar refractivity (Wildman–Crippen MR) is 92.8 cm³/mol. The molecular weight excluding hydrogens is 346 g/mol. The van der Waals surface area contributed by atoms with Crippen molar-refractivity contribution in [3.8, 4) is 0 Å². The van der Waals surface area contributed by atoms with E-state index in [4.69, 9.17) is 0 Å². The number of hydrogen-bond acceptors (Lipinski definition) is 2. The molecule has 2 aromatic carbocycles. The van der Waals surface area contributed by atoms with Crippen LogP contribution >= 0.6 is 28.6 Å². The minimum Gasteiger partial charge on any atom is -0.332 e. The Bertz CT molecular complexity index is 628. The summed E-state index contributed by atoms with van der Waals surface area (Å²) in [6.45, 7) is 4.65. The second-order valence-corrected chi connectivity index (χ2v) is 6.57. The predicted octanol–water partition coefficient (Wildman–Crippen LogP) is 4.79. The molecular formula is C17H18BrNOS. The number of halogens is 1. The van der Waals surface area contributed by atoms with Gasteiger partial charge in [0, 0.05) is 22.0 Å². The largest absolute Gasteiger partial charge is 0.332 e. The van der Waals surface area contributed by atoms with E-state index < -0.39 is 0 Å². The molecule has 0 bridgehead atoms. The fraction of sp³-hybridized carbons (Fsp3) is 0.235. The molecule has 0 spiro atoms. The monoisotopic (exact) mass is 363 g/mol. The first-order valence-corrected chi connectivity index (χ1v) is 8.06. The van der Waals surface area contributed by atoms with Gasteiger partial charge in [-0.15, -0.1) is 12.6 Å². The summed E-state index contributed by atoms with van der Waals surface area (Å²) in [5, 5.41) is 0. The lowest BCUT2D eigenvalue weighted by atomic mass is 10.1. The van der Waals surface area contributed by atoms with Gasteiger partial charge >= 0.3 is 0 Å². The molecule has 0 aliphatic rings. The number of carbonyl (C=O) groups is 1. The normalized spacial score (nSPS) is 10.7. The fourth-order valence-electron chi connectivity index (χ4n) is 2.11. The van der Waals surface area contributed by atoms with Crippen molar-refractivity contribution in [2.75, 3.05) is 0 Å². The van der Waals surface area contributed by atoms with Crippen LogP contribution in [0.2, 0.25) is 0 Å². The van der Waals surface area contributed by atoms with Crippen molar-refractivity contribution in [1.82, 2.24) is 4.90 Å². The lowest BCUT2D eigenvalue weighted by Crippen LogP contribution is -2.36. The number of nitrogens with zero attached hydrogens (tertiary/aromatic N) is 1. The molecule has 0 heterocycles. The number of thiol groups is 1. The van der Waals surface area contributed by atoms with Gasteiger partial charge < -0.3 is 4.90 Å². The highest BCUT2D eigenvalue weighted by Crippen LogP contribution is 2.23. The molecule has 2 rings (SSSR count). The first-order valence-electron chi connectivity index (χ1n) is 6.82. The van der Waals surface area contributed by atoms with Gasteiger partial charge in [-0.3, -0.25) is 4.79 Å². The SMILES string of the molecule is CC(C)N(Cc1ccccc1)C(=O)c1ccc(Br)cc1S. The van der Waals surface area contributed by atoms with Gasteiger partial charge in [-0.1, -0.05) is 46.3 Å². The molecule has 110 valence electrons. The molecule has 0 fully saturated rings. The molecule has 0 aliphatic heterocycles. The molecule has 0 saturated carbocycles. The highest BCUT2D eigenvalue weighted by Gasteiger charge is 2.20. The van der Waals surface area contributed by atoms with Crippen LogP contribution in [0.25, 0.3) is 0 Å². The third-order valence-corrected chi connectivity index (χ3v) is 4.13. The van der Waals surface area contributed by atoms with Crippen LogP contribution in [0.15, 0.2) is 57.9 Å². The van der Waals surface area contributed by atoms with Gasteiger partial charge in [0.1, 0.15) is 0 Å². The summed E-state index contributed by atoms with van der Waals surface area (Å²) >= 11 is 7.81. The van der Waals surface area contributed by atoms with E-state index in [1.165, 1.54) is 0 Å². The summed E-state index contributed by atoms with van der Waals surface area (Å²) in [5.74, 6) is 0.00588. The second kappa shape index (κ2) is 7.14. The van der Waals surface area contributed by atoms with Crippen molar-refractivity contribution in [2.24, 2.45) is 0 Å². The van der Waals surface area contributed by atoms with Crippen LogP contribution in [0, 0.1) is 0 Å². The molecule has 0 saturated heterocycles. The van der Waals surface area contributed by atoms with Crippen molar-refractivity contribution < 1.29 is 4.79 Å². The highest BCUT2D eigenvalue weighted by molar-refractivity contribution is 9.10. The van der Waals surface area contributed by atoms with Crippen LogP contribution < -0.4 is 0 Å². The molecule has 0 radical (unpaired) electrons. The van der Waals surface area contributed by atoms with Gasteiger partial charge in [0.2, 0.25) is 0 Å². The first kappa shape index (κ1) is 16.1. The molecule has 2 nitrogen and oxygen atoms in total. The Morgan fingerprint density at radius 2 is 1.86 bits per heavy atom. The van der Waals surface area contributed by atoms with E-state index in [0.29, 0.717) is 17.0 Å². The zero-order valence-electron chi connectivity index (χ0n) is 12.1. The van der Waals surface area contributed by atoms with Crippen molar-refractivity contribution in [2.45, 2.75) is 31.3 Å². The van der Waals surface area contributed by atoms with E-state index in [1.54, 1.807) is 0 Å². The highest BCUT2D eigenvalue weighted by atomic mass is 79.9. The Labute approximate surface area is 139 Å². The maximum atomic E-state index is 12.8. The number of hydrogen-bond donors (Lipinski definition) is 1. The van der Waals surface area contributed by atoms with Crippen molar-refractivity contribution >= 4 is 34.5 Å². The summed E-state index contributed by atoms with van der Waals surface area (Å²) in [5.41, 5.74) is 1.75. The van der Waals surface area contributed by atoms with Crippen LogP contribution in [0.4, 0.5) is 0 Å². The summed E-state index contributed by atoms with van der Waals surface area (Å²) in [7, 11) is 0. The van der Waals surface area contributed by atoms with E-state index in [-0.39, 0.29) is 11.9 Å². The molecule has 2 aromatic rings. The zero-order chi connectivity index (χ0) is 15.4. The average molecular weight is 364 g/mol. The first-order chi connectivity index (χ1) is 9.99. The molecule has 0 aromatic heterocycles. The molecule has 0 unspecified atom stereocenters. The van der Waals surface area contributed by atoms with Gasteiger partial charge in [-0.2, -0.15) is 0 Å². The van der Waals surface area contributed by atoms with Crippen LogP contribution in [0.3, 0.4) is 0 Å². The van der Waals surface area contributed by atoms with E-state index in [2.05, 4.69) is 28.6 Å². The lowest BCUT2D eigenvalue weighted by Gasteiger charge is -2.27. The van der Waals surface area contributed by atoms with Gasteiger partial charge in [-0.25, -0.2) is 0 Å². The number of benzene rings is 2. The van der Waals surface area contributed by atoms with Crippen molar-refractivity contribution in [3.05, 3.63) is 64.1 Å². The molecule has 1 amide bonds. The van der Waals surface area contributed by atoms with Crippen LogP contribution in [-0.2, 0) is 6.54 Å². The Kier molecular flexibility index (Phi) is 5.48. The maximum absolute atomic E-state index is 12.8. The minimum absolute atomic E-state index is 0.00588. The fourth-order valence-corrected chi connectivity index (χ4v) is 2.96. The van der Waals surface area contributed by atoms with E-state index in [0.717, 1.165) is 10.0 Å². The standard InChI is InChI=1S/C17H18BrNOS/c1-12(2)19(11-13-6-4-3-5-7-13)17(20)15-9-8-14(18)10-16(15)21/h3-10,12,21H,11H2,1-2H3. The summed E-state index contributed by atoms with van der Waals surface area (Å²) < 4.78 is 0.920.